The number of hydrogen-bond acceptors (Lipinski definition) is 9. The number of fused-ring (bicyclic) bond motifs is 2. The van der Waals surface area contributed by atoms with Gasteiger partial charge in [0.1, 0.15) is 0 Å². The standard InChI is InChI=1S/C5H6N6O.C5H5N5O/c6-4-8-1-2(9-4)10-5(7)11-3(1)12;6-5-9-3-2(4(11)10-5)7-1-8-3/h(H6,6,7,8,9,10,11,12);1H,(H4,6,7,8,9,10,11). The van der Waals surface area contributed by atoms with Crippen molar-refractivity contribution in [2.24, 2.45) is 0 Å². The van der Waals surface area contributed by atoms with Gasteiger partial charge in [0, 0.05) is 0 Å². The van der Waals surface area contributed by atoms with Crippen LogP contribution in [-0.4, -0.2) is 39.9 Å². The van der Waals surface area contributed by atoms with E-state index in [0.717, 1.165) is 0 Å². The van der Waals surface area contributed by atoms with Gasteiger partial charge in [0.2, 0.25) is 11.9 Å². The van der Waals surface area contributed by atoms with Crippen LogP contribution in [0.1, 0.15) is 0 Å². The molecule has 0 radical (unpaired) electrons. The van der Waals surface area contributed by atoms with Crippen LogP contribution in [0.3, 0.4) is 0 Å². The smallest absolute Gasteiger partial charge is 0.278 e. The molecule has 0 unspecified atom stereocenters. The zero-order chi connectivity index (χ0) is 16.6. The molecule has 4 rings (SSSR count). The molecule has 0 amide bonds. The largest absolute Gasteiger partial charge is 0.369 e. The van der Waals surface area contributed by atoms with Gasteiger partial charge in [0.15, 0.2) is 28.3 Å². The molecule has 4 aromatic rings. The fraction of sp³-hybridized carbons (Fsp3) is 0. The Labute approximate surface area is 125 Å². The highest BCUT2D eigenvalue weighted by atomic mass is 16.1. The molecule has 118 valence electrons. The van der Waals surface area contributed by atoms with Crippen molar-refractivity contribution in [1.29, 1.82) is 0 Å². The summed E-state index contributed by atoms with van der Waals surface area (Å²) in [6.07, 6.45) is 1.40. The maximum Gasteiger partial charge on any atom is 0.278 e. The molecule has 10 N–H and O–H groups in total. The molecule has 23 heavy (non-hydrogen) atoms. The first-order chi connectivity index (χ1) is 10.9. The van der Waals surface area contributed by atoms with E-state index in [9.17, 15) is 9.59 Å². The topological polar surface area (TPSA) is 227 Å². The zero-order valence-electron chi connectivity index (χ0n) is 11.4. The Morgan fingerprint density at radius 3 is 1.91 bits per heavy atom. The Morgan fingerprint density at radius 2 is 1.26 bits per heavy atom. The van der Waals surface area contributed by atoms with Crippen molar-refractivity contribution in [3.8, 4) is 0 Å². The van der Waals surface area contributed by atoms with E-state index in [1.165, 1.54) is 6.33 Å². The molecule has 0 fully saturated rings. The quantitative estimate of drug-likeness (QED) is 0.190. The first-order valence-corrected chi connectivity index (χ1v) is 6.14. The molecule has 0 aliphatic heterocycles. The number of imidazole rings is 2. The fourth-order valence-corrected chi connectivity index (χ4v) is 1.80. The summed E-state index contributed by atoms with van der Waals surface area (Å²) >= 11 is 0. The van der Waals surface area contributed by atoms with E-state index in [4.69, 9.17) is 17.2 Å². The summed E-state index contributed by atoms with van der Waals surface area (Å²) in [5.41, 5.74) is 16.3. The molecule has 13 heteroatoms. The maximum atomic E-state index is 11.1. The lowest BCUT2D eigenvalue weighted by molar-refractivity contribution is 1.17. The van der Waals surface area contributed by atoms with Gasteiger partial charge in [-0.15, -0.1) is 0 Å². The zero-order valence-corrected chi connectivity index (χ0v) is 11.4. The lowest BCUT2D eigenvalue weighted by atomic mass is 10.5. The second-order valence-electron chi connectivity index (χ2n) is 4.32. The highest BCUT2D eigenvalue weighted by Crippen LogP contribution is 2.04. The van der Waals surface area contributed by atoms with E-state index in [0.29, 0.717) is 11.2 Å². The highest BCUT2D eigenvalue weighted by Gasteiger charge is 2.05. The van der Waals surface area contributed by atoms with Gasteiger partial charge in [-0.1, -0.05) is 0 Å². The summed E-state index contributed by atoms with van der Waals surface area (Å²) in [4.78, 5) is 47.0. The summed E-state index contributed by atoms with van der Waals surface area (Å²) in [6.45, 7) is 0. The minimum absolute atomic E-state index is 0.0269. The number of H-pyrrole nitrogens is 4. The van der Waals surface area contributed by atoms with Crippen LogP contribution in [0.15, 0.2) is 15.9 Å². The maximum absolute atomic E-state index is 11.1. The molecular weight excluding hydrogens is 306 g/mol. The molecule has 0 aliphatic carbocycles. The number of nitrogens with zero attached hydrogens (tertiary/aromatic N) is 4. The first-order valence-electron chi connectivity index (χ1n) is 6.14. The normalized spacial score (nSPS) is 10.6. The van der Waals surface area contributed by atoms with E-state index in [1.807, 2.05) is 0 Å². The van der Waals surface area contributed by atoms with E-state index >= 15 is 0 Å². The minimum atomic E-state index is -0.373. The molecular formula is C10H11N11O2. The van der Waals surface area contributed by atoms with E-state index < -0.39 is 0 Å². The van der Waals surface area contributed by atoms with Gasteiger partial charge in [-0.2, -0.15) is 15.0 Å². The van der Waals surface area contributed by atoms with E-state index in [-0.39, 0.29) is 40.1 Å². The van der Waals surface area contributed by atoms with E-state index in [2.05, 4.69) is 39.9 Å². The number of anilines is 3. The molecule has 0 aromatic carbocycles. The van der Waals surface area contributed by atoms with Crippen molar-refractivity contribution in [1.82, 2.24) is 39.9 Å². The predicted molar refractivity (Wildman–Crippen MR) is 82.3 cm³/mol. The molecule has 4 aromatic heterocycles. The van der Waals surface area contributed by atoms with Crippen LogP contribution in [0.4, 0.5) is 17.8 Å². The number of nitrogens with one attached hydrogen (secondary N) is 4. The Hall–Kier alpha value is -3.90. The van der Waals surface area contributed by atoms with Crippen molar-refractivity contribution in [3.05, 3.63) is 27.0 Å². The summed E-state index contributed by atoms with van der Waals surface area (Å²) in [5.74, 6) is 0.252. The van der Waals surface area contributed by atoms with Gasteiger partial charge in [-0.25, -0.2) is 4.98 Å². The number of hydrogen-bond donors (Lipinski definition) is 7. The third-order valence-corrected chi connectivity index (χ3v) is 2.71. The summed E-state index contributed by atoms with van der Waals surface area (Å²) in [7, 11) is 0. The van der Waals surface area contributed by atoms with Crippen LogP contribution < -0.4 is 28.3 Å². The Morgan fingerprint density at radius 1 is 0.739 bits per heavy atom. The molecule has 0 saturated carbocycles. The predicted octanol–water partition coefficient (Wildman–Crippen LogP) is -1.96. The third-order valence-electron chi connectivity index (χ3n) is 2.71. The van der Waals surface area contributed by atoms with Gasteiger partial charge in [0.25, 0.3) is 11.1 Å². The Balaban J connectivity index is 0.000000136. The number of aromatic amines is 4. The van der Waals surface area contributed by atoms with Crippen molar-refractivity contribution in [2.45, 2.75) is 0 Å². The van der Waals surface area contributed by atoms with Crippen LogP contribution >= 0.6 is 0 Å². The number of nitrogens with two attached hydrogens (primary N) is 3. The minimum Gasteiger partial charge on any atom is -0.369 e. The lowest BCUT2D eigenvalue weighted by Gasteiger charge is -1.89. The lowest BCUT2D eigenvalue weighted by Crippen LogP contribution is -2.10. The molecule has 13 nitrogen and oxygen atoms in total. The Kier molecular flexibility index (Phi) is 3.14. The molecule has 0 aliphatic rings. The molecule has 0 bridgehead atoms. The molecule has 0 saturated heterocycles. The first kappa shape index (κ1) is 14.1. The number of nitrogen functional groups attached to an aromatic ring is 3. The van der Waals surface area contributed by atoms with Crippen molar-refractivity contribution < 1.29 is 0 Å². The van der Waals surface area contributed by atoms with E-state index in [1.54, 1.807) is 0 Å². The van der Waals surface area contributed by atoms with Gasteiger partial charge in [-0.05, 0) is 0 Å². The van der Waals surface area contributed by atoms with Gasteiger partial charge in [0.05, 0.1) is 6.33 Å². The van der Waals surface area contributed by atoms with Crippen LogP contribution in [0.5, 0.6) is 0 Å². The van der Waals surface area contributed by atoms with Crippen LogP contribution in [0.25, 0.3) is 22.3 Å². The number of rotatable bonds is 0. The molecule has 0 atom stereocenters. The second kappa shape index (κ2) is 5.14. The third kappa shape index (κ3) is 2.65. The Bertz CT molecular complexity index is 1100. The summed E-state index contributed by atoms with van der Waals surface area (Å²) in [6, 6.07) is 0. The molecule has 0 spiro atoms. The summed E-state index contributed by atoms with van der Waals surface area (Å²) < 4.78 is 0. The average molecular weight is 317 g/mol. The van der Waals surface area contributed by atoms with Crippen molar-refractivity contribution in [3.63, 3.8) is 0 Å². The van der Waals surface area contributed by atoms with Crippen molar-refractivity contribution >= 4 is 40.2 Å². The highest BCUT2D eigenvalue weighted by molar-refractivity contribution is 5.72. The van der Waals surface area contributed by atoms with Gasteiger partial charge in [-0.3, -0.25) is 19.6 Å². The summed E-state index contributed by atoms with van der Waals surface area (Å²) in [5, 5.41) is 0. The van der Waals surface area contributed by atoms with Gasteiger partial charge >= 0.3 is 0 Å². The number of aromatic nitrogens is 8. The van der Waals surface area contributed by atoms with Crippen LogP contribution in [0, 0.1) is 0 Å². The average Bonchev–Trinajstić information content (AvgIpc) is 3.05. The van der Waals surface area contributed by atoms with Crippen LogP contribution in [0.2, 0.25) is 0 Å². The fourth-order valence-electron chi connectivity index (χ4n) is 1.80. The second-order valence-corrected chi connectivity index (χ2v) is 4.32. The van der Waals surface area contributed by atoms with Gasteiger partial charge < -0.3 is 27.2 Å². The van der Waals surface area contributed by atoms with Crippen molar-refractivity contribution in [2.75, 3.05) is 17.2 Å². The molecule has 4 heterocycles. The monoisotopic (exact) mass is 317 g/mol. The van der Waals surface area contributed by atoms with Crippen LogP contribution in [-0.2, 0) is 0 Å². The SMILES string of the molecule is Nc1nc2nc(N)[nH]c2c(=O)[nH]1.Nc1nc2nc[nH]c2c(=O)[nH]1.